The van der Waals surface area contributed by atoms with Crippen LogP contribution in [0.15, 0.2) is 105 Å². The molecule has 1 heterocycles. The van der Waals surface area contributed by atoms with Gasteiger partial charge in [-0.15, -0.1) is 0 Å². The number of benzene rings is 2. The molecule has 0 radical (unpaired) electrons. The molecule has 0 amide bonds. The van der Waals surface area contributed by atoms with Crippen molar-refractivity contribution in [2.75, 3.05) is 0 Å². The summed E-state index contributed by atoms with van der Waals surface area (Å²) in [5, 5.41) is 0. The third-order valence-electron chi connectivity index (χ3n) is 4.38. The predicted molar refractivity (Wildman–Crippen MR) is 114 cm³/mol. The second-order valence-electron chi connectivity index (χ2n) is 6.05. The van der Waals surface area contributed by atoms with E-state index in [1.165, 1.54) is 0 Å². The van der Waals surface area contributed by atoms with Crippen LogP contribution in [-0.2, 0) is 0 Å². The Balaban J connectivity index is 2.25. The quantitative estimate of drug-likeness (QED) is 0.451. The molecule has 26 heavy (non-hydrogen) atoms. The third kappa shape index (κ3) is 3.47. The fourth-order valence-corrected chi connectivity index (χ4v) is 2.91. The molecule has 0 aliphatic rings. The standard InChI is InChI=1S/C25H21N/c1-5-18(3)21-14-22(20-10-9-13-26-17-20)16-23(15-21)25-12-8-7-11-24(25)19(4)6-2/h5-17H,1-4H2. The lowest BCUT2D eigenvalue weighted by Gasteiger charge is -2.14. The van der Waals surface area contributed by atoms with E-state index >= 15 is 0 Å². The Morgan fingerprint density at radius 3 is 2.19 bits per heavy atom. The van der Waals surface area contributed by atoms with Gasteiger partial charge >= 0.3 is 0 Å². The minimum absolute atomic E-state index is 0.886. The van der Waals surface area contributed by atoms with Gasteiger partial charge in [-0.3, -0.25) is 4.98 Å². The van der Waals surface area contributed by atoms with E-state index in [0.717, 1.165) is 44.5 Å². The van der Waals surface area contributed by atoms with Gasteiger partial charge in [0, 0.05) is 18.0 Å². The monoisotopic (exact) mass is 335 g/mol. The molecular weight excluding hydrogens is 314 g/mol. The summed E-state index contributed by atoms with van der Waals surface area (Å²) in [5.41, 5.74) is 8.26. The molecule has 2 aromatic carbocycles. The van der Waals surface area contributed by atoms with Gasteiger partial charge in [0.25, 0.3) is 0 Å². The highest BCUT2D eigenvalue weighted by molar-refractivity contribution is 5.88. The summed E-state index contributed by atoms with van der Waals surface area (Å²) in [6, 6.07) is 18.7. The second kappa shape index (κ2) is 7.62. The Morgan fingerprint density at radius 2 is 1.50 bits per heavy atom. The normalized spacial score (nSPS) is 10.2. The smallest absolute Gasteiger partial charge is 0.0346 e. The summed E-state index contributed by atoms with van der Waals surface area (Å²) >= 11 is 0. The van der Waals surface area contributed by atoms with Crippen LogP contribution in [0.25, 0.3) is 33.4 Å². The number of nitrogens with zero attached hydrogens (tertiary/aromatic N) is 1. The van der Waals surface area contributed by atoms with Crippen molar-refractivity contribution < 1.29 is 0 Å². The lowest BCUT2D eigenvalue weighted by atomic mass is 9.90. The van der Waals surface area contributed by atoms with Crippen molar-refractivity contribution in [1.82, 2.24) is 4.98 Å². The van der Waals surface area contributed by atoms with Crippen molar-refractivity contribution in [3.63, 3.8) is 0 Å². The first-order valence-corrected chi connectivity index (χ1v) is 8.42. The molecular formula is C25H21N. The summed E-state index contributed by atoms with van der Waals surface area (Å²) in [5.74, 6) is 0. The molecule has 0 bridgehead atoms. The maximum Gasteiger partial charge on any atom is 0.0346 e. The Labute approximate surface area is 155 Å². The summed E-state index contributed by atoms with van der Waals surface area (Å²) in [6.45, 7) is 16.0. The Hall–Kier alpha value is -3.45. The van der Waals surface area contributed by atoms with Gasteiger partial charge in [0.15, 0.2) is 0 Å². The van der Waals surface area contributed by atoms with Crippen molar-refractivity contribution in [3.8, 4) is 22.3 Å². The lowest BCUT2D eigenvalue weighted by Crippen LogP contribution is -1.91. The van der Waals surface area contributed by atoms with Gasteiger partial charge in [-0.1, -0.05) is 68.8 Å². The van der Waals surface area contributed by atoms with Gasteiger partial charge < -0.3 is 0 Å². The summed E-state index contributed by atoms with van der Waals surface area (Å²) in [4.78, 5) is 4.25. The van der Waals surface area contributed by atoms with E-state index in [0.29, 0.717) is 0 Å². The number of hydrogen-bond acceptors (Lipinski definition) is 1. The van der Waals surface area contributed by atoms with Crippen LogP contribution in [0, 0.1) is 0 Å². The average molecular weight is 335 g/mol. The van der Waals surface area contributed by atoms with Gasteiger partial charge in [-0.25, -0.2) is 0 Å². The van der Waals surface area contributed by atoms with Crippen LogP contribution in [0.5, 0.6) is 0 Å². The molecule has 1 heteroatoms. The molecule has 0 spiro atoms. The van der Waals surface area contributed by atoms with E-state index in [-0.39, 0.29) is 0 Å². The first-order chi connectivity index (χ1) is 12.6. The zero-order valence-corrected chi connectivity index (χ0v) is 14.8. The lowest BCUT2D eigenvalue weighted by molar-refractivity contribution is 1.33. The molecule has 3 rings (SSSR count). The minimum atomic E-state index is 0.886. The summed E-state index contributed by atoms with van der Waals surface area (Å²) < 4.78 is 0. The molecule has 0 fully saturated rings. The zero-order chi connectivity index (χ0) is 18.5. The molecule has 0 unspecified atom stereocenters. The van der Waals surface area contributed by atoms with Crippen molar-refractivity contribution in [2.45, 2.75) is 0 Å². The number of allylic oxidation sites excluding steroid dienone is 4. The maximum absolute atomic E-state index is 4.25. The van der Waals surface area contributed by atoms with E-state index in [2.05, 4.69) is 67.7 Å². The fraction of sp³-hybridized carbons (Fsp3) is 0. The van der Waals surface area contributed by atoms with E-state index in [4.69, 9.17) is 0 Å². The molecule has 3 aromatic rings. The third-order valence-corrected chi connectivity index (χ3v) is 4.38. The SMILES string of the molecule is C=CC(=C)c1cc(-c2cccnc2)cc(-c2ccccc2C(=C)C=C)c1. The first-order valence-electron chi connectivity index (χ1n) is 8.42. The largest absolute Gasteiger partial charge is 0.264 e. The molecule has 0 aliphatic heterocycles. The van der Waals surface area contributed by atoms with Crippen LogP contribution in [0.3, 0.4) is 0 Å². The molecule has 0 aliphatic carbocycles. The predicted octanol–water partition coefficient (Wildman–Crippen LogP) is 6.81. The highest BCUT2D eigenvalue weighted by Crippen LogP contribution is 2.34. The van der Waals surface area contributed by atoms with Crippen molar-refractivity contribution in [2.24, 2.45) is 0 Å². The van der Waals surface area contributed by atoms with Crippen LogP contribution < -0.4 is 0 Å². The first kappa shape index (κ1) is 17.4. The number of hydrogen-bond donors (Lipinski definition) is 0. The van der Waals surface area contributed by atoms with Crippen molar-refractivity contribution in [3.05, 3.63) is 117 Å². The van der Waals surface area contributed by atoms with Gasteiger partial charge in [-0.2, -0.15) is 0 Å². The van der Waals surface area contributed by atoms with Gasteiger partial charge in [0.05, 0.1) is 0 Å². The van der Waals surface area contributed by atoms with Crippen LogP contribution >= 0.6 is 0 Å². The maximum atomic E-state index is 4.25. The highest BCUT2D eigenvalue weighted by atomic mass is 14.6. The van der Waals surface area contributed by atoms with Crippen molar-refractivity contribution in [1.29, 1.82) is 0 Å². The number of pyridine rings is 1. The van der Waals surface area contributed by atoms with E-state index < -0.39 is 0 Å². The van der Waals surface area contributed by atoms with Crippen LogP contribution in [0.1, 0.15) is 11.1 Å². The molecule has 1 nitrogen and oxygen atoms in total. The van der Waals surface area contributed by atoms with Crippen molar-refractivity contribution >= 4 is 11.1 Å². The molecule has 0 atom stereocenters. The number of rotatable bonds is 6. The minimum Gasteiger partial charge on any atom is -0.264 e. The van der Waals surface area contributed by atoms with Gasteiger partial charge in [-0.05, 0) is 63.2 Å². The van der Waals surface area contributed by atoms with E-state index in [9.17, 15) is 0 Å². The molecule has 0 N–H and O–H groups in total. The van der Waals surface area contributed by atoms with E-state index in [1.807, 2.05) is 24.4 Å². The molecule has 0 saturated heterocycles. The second-order valence-corrected chi connectivity index (χ2v) is 6.05. The number of aromatic nitrogens is 1. The summed E-state index contributed by atoms with van der Waals surface area (Å²) in [6.07, 6.45) is 7.21. The van der Waals surface area contributed by atoms with Crippen LogP contribution in [0.2, 0.25) is 0 Å². The van der Waals surface area contributed by atoms with Crippen LogP contribution in [0.4, 0.5) is 0 Å². The Bertz CT molecular complexity index is 994. The molecule has 0 saturated carbocycles. The zero-order valence-electron chi connectivity index (χ0n) is 14.8. The van der Waals surface area contributed by atoms with Gasteiger partial charge in [0.1, 0.15) is 0 Å². The summed E-state index contributed by atoms with van der Waals surface area (Å²) in [7, 11) is 0. The molecule has 126 valence electrons. The van der Waals surface area contributed by atoms with Gasteiger partial charge in [0.2, 0.25) is 0 Å². The highest BCUT2D eigenvalue weighted by Gasteiger charge is 2.10. The Morgan fingerprint density at radius 1 is 0.769 bits per heavy atom. The Kier molecular flexibility index (Phi) is 5.09. The van der Waals surface area contributed by atoms with E-state index in [1.54, 1.807) is 18.3 Å². The fourth-order valence-electron chi connectivity index (χ4n) is 2.91. The average Bonchev–Trinajstić information content (AvgIpc) is 2.72. The van der Waals surface area contributed by atoms with Crippen LogP contribution in [-0.4, -0.2) is 4.98 Å². The topological polar surface area (TPSA) is 12.9 Å². The molecule has 1 aromatic heterocycles.